The van der Waals surface area contributed by atoms with Crippen molar-refractivity contribution in [1.29, 1.82) is 0 Å². The molecule has 0 bridgehead atoms. The van der Waals surface area contributed by atoms with Crippen LogP contribution in [0, 0.1) is 0 Å². The van der Waals surface area contributed by atoms with Crippen molar-refractivity contribution < 1.29 is 9.53 Å². The monoisotopic (exact) mass is 543 g/mol. The number of piperazine rings is 1. The SMILES string of the molecule is CCNC(=NCCOc1cccc(NC(C)=O)c1)N1CCN(c2cccs2)CC1.I. The topological polar surface area (TPSA) is 69.2 Å². The number of benzene rings is 1. The summed E-state index contributed by atoms with van der Waals surface area (Å²) >= 11 is 1.79. The number of nitrogens with zero attached hydrogens (tertiary/aromatic N) is 3. The second-order valence-electron chi connectivity index (χ2n) is 6.72. The summed E-state index contributed by atoms with van der Waals surface area (Å²) in [5.41, 5.74) is 0.732. The first-order valence-electron chi connectivity index (χ1n) is 9.98. The van der Waals surface area contributed by atoms with Crippen LogP contribution in [0.5, 0.6) is 5.75 Å². The van der Waals surface area contributed by atoms with Crippen LogP contribution in [0.2, 0.25) is 0 Å². The fourth-order valence-electron chi connectivity index (χ4n) is 3.20. The fourth-order valence-corrected chi connectivity index (χ4v) is 3.98. The molecular weight excluding hydrogens is 513 g/mol. The van der Waals surface area contributed by atoms with Crippen molar-refractivity contribution in [3.63, 3.8) is 0 Å². The van der Waals surface area contributed by atoms with E-state index in [0.717, 1.165) is 50.1 Å². The van der Waals surface area contributed by atoms with Crippen molar-refractivity contribution in [2.75, 3.05) is 56.1 Å². The van der Waals surface area contributed by atoms with Gasteiger partial charge in [-0.2, -0.15) is 0 Å². The lowest BCUT2D eigenvalue weighted by molar-refractivity contribution is -0.114. The molecule has 0 aliphatic carbocycles. The molecule has 30 heavy (non-hydrogen) atoms. The largest absolute Gasteiger partial charge is 0.492 e. The first kappa shape index (κ1) is 24.3. The number of nitrogens with one attached hydrogen (secondary N) is 2. The number of hydrogen-bond acceptors (Lipinski definition) is 5. The van der Waals surface area contributed by atoms with Crippen molar-refractivity contribution in [2.24, 2.45) is 4.99 Å². The predicted octanol–water partition coefficient (Wildman–Crippen LogP) is 3.49. The quantitative estimate of drug-likeness (QED) is 0.242. The Balaban J connectivity index is 0.00000320. The lowest BCUT2D eigenvalue weighted by Crippen LogP contribution is -2.52. The van der Waals surface area contributed by atoms with Crippen LogP contribution in [-0.2, 0) is 4.79 Å². The number of carbonyl (C=O) groups excluding carboxylic acids is 1. The number of guanidine groups is 1. The first-order chi connectivity index (χ1) is 14.2. The highest BCUT2D eigenvalue weighted by Gasteiger charge is 2.20. The molecule has 1 aliphatic rings. The highest BCUT2D eigenvalue weighted by Crippen LogP contribution is 2.22. The van der Waals surface area contributed by atoms with Crippen molar-refractivity contribution in [3.8, 4) is 5.75 Å². The zero-order chi connectivity index (χ0) is 20.5. The lowest BCUT2D eigenvalue weighted by atomic mass is 10.3. The average molecular weight is 543 g/mol. The molecule has 1 saturated heterocycles. The Hall–Kier alpha value is -2.01. The van der Waals surface area contributed by atoms with Crippen molar-refractivity contribution in [3.05, 3.63) is 41.8 Å². The Morgan fingerprint density at radius 3 is 2.67 bits per heavy atom. The highest BCUT2D eigenvalue weighted by molar-refractivity contribution is 14.0. The minimum absolute atomic E-state index is 0. The number of thiophene rings is 1. The summed E-state index contributed by atoms with van der Waals surface area (Å²) in [7, 11) is 0. The zero-order valence-corrected chi connectivity index (χ0v) is 20.6. The van der Waals surface area contributed by atoms with Gasteiger partial charge in [0.15, 0.2) is 5.96 Å². The summed E-state index contributed by atoms with van der Waals surface area (Å²) in [6.45, 7) is 9.35. The molecule has 0 spiro atoms. The molecule has 2 N–H and O–H groups in total. The number of aliphatic imine (C=N–C) groups is 1. The van der Waals surface area contributed by atoms with E-state index in [2.05, 4.69) is 44.9 Å². The molecule has 1 amide bonds. The van der Waals surface area contributed by atoms with Gasteiger partial charge < -0.3 is 25.2 Å². The summed E-state index contributed by atoms with van der Waals surface area (Å²) in [4.78, 5) is 20.6. The molecule has 9 heteroatoms. The Morgan fingerprint density at radius 2 is 2.00 bits per heavy atom. The van der Waals surface area contributed by atoms with E-state index >= 15 is 0 Å². The molecular formula is C21H30IN5O2S. The summed E-state index contributed by atoms with van der Waals surface area (Å²) in [6, 6.07) is 11.7. The number of anilines is 2. The van der Waals surface area contributed by atoms with Gasteiger partial charge in [0.2, 0.25) is 5.91 Å². The Bertz CT molecular complexity index is 807. The predicted molar refractivity (Wildman–Crippen MR) is 136 cm³/mol. The number of carbonyl (C=O) groups is 1. The fraction of sp³-hybridized carbons (Fsp3) is 0.429. The van der Waals surface area contributed by atoms with Gasteiger partial charge in [-0.05, 0) is 36.6 Å². The molecule has 3 rings (SSSR count). The number of rotatable bonds is 7. The van der Waals surface area contributed by atoms with Crippen molar-refractivity contribution in [1.82, 2.24) is 10.2 Å². The van der Waals surface area contributed by atoms with Gasteiger partial charge >= 0.3 is 0 Å². The van der Waals surface area contributed by atoms with E-state index < -0.39 is 0 Å². The molecule has 1 fully saturated rings. The van der Waals surface area contributed by atoms with Crippen LogP contribution in [0.4, 0.5) is 10.7 Å². The smallest absolute Gasteiger partial charge is 0.221 e. The summed E-state index contributed by atoms with van der Waals surface area (Å²) in [5.74, 6) is 1.57. The average Bonchev–Trinajstić information content (AvgIpc) is 3.25. The normalized spacial score (nSPS) is 14.1. The van der Waals surface area contributed by atoms with E-state index in [1.807, 2.05) is 24.3 Å². The second kappa shape index (κ2) is 12.6. The molecule has 0 radical (unpaired) electrons. The van der Waals surface area contributed by atoms with E-state index in [4.69, 9.17) is 9.73 Å². The molecule has 1 aromatic carbocycles. The van der Waals surface area contributed by atoms with Crippen LogP contribution in [0.1, 0.15) is 13.8 Å². The molecule has 2 heterocycles. The highest BCUT2D eigenvalue weighted by atomic mass is 127. The van der Waals surface area contributed by atoms with Crippen LogP contribution in [0.25, 0.3) is 0 Å². The maximum atomic E-state index is 11.2. The van der Waals surface area contributed by atoms with Gasteiger partial charge in [-0.1, -0.05) is 6.07 Å². The minimum Gasteiger partial charge on any atom is -0.492 e. The van der Waals surface area contributed by atoms with E-state index in [1.54, 1.807) is 11.3 Å². The molecule has 7 nitrogen and oxygen atoms in total. The maximum absolute atomic E-state index is 11.2. The van der Waals surface area contributed by atoms with Gasteiger partial charge in [-0.15, -0.1) is 35.3 Å². The van der Waals surface area contributed by atoms with E-state index in [1.165, 1.54) is 11.9 Å². The van der Waals surface area contributed by atoms with Gasteiger partial charge in [0.25, 0.3) is 0 Å². The van der Waals surface area contributed by atoms with Crippen LogP contribution in [-0.4, -0.2) is 62.6 Å². The molecule has 0 saturated carbocycles. The molecule has 0 unspecified atom stereocenters. The second-order valence-corrected chi connectivity index (χ2v) is 7.64. The third kappa shape index (κ3) is 7.35. The third-order valence-corrected chi connectivity index (χ3v) is 5.44. The third-order valence-electron chi connectivity index (χ3n) is 4.51. The van der Waals surface area contributed by atoms with Crippen molar-refractivity contribution in [2.45, 2.75) is 13.8 Å². The molecule has 1 aliphatic heterocycles. The summed E-state index contributed by atoms with van der Waals surface area (Å²) in [6.07, 6.45) is 0. The van der Waals surface area contributed by atoms with Gasteiger partial charge in [0.1, 0.15) is 12.4 Å². The van der Waals surface area contributed by atoms with Gasteiger partial charge in [0.05, 0.1) is 11.5 Å². The Kier molecular flexibility index (Phi) is 10.2. The van der Waals surface area contributed by atoms with Gasteiger partial charge in [0, 0.05) is 51.4 Å². The lowest BCUT2D eigenvalue weighted by Gasteiger charge is -2.37. The maximum Gasteiger partial charge on any atom is 0.221 e. The summed E-state index contributed by atoms with van der Waals surface area (Å²) < 4.78 is 5.80. The minimum atomic E-state index is -0.0961. The van der Waals surface area contributed by atoms with Crippen LogP contribution < -0.4 is 20.3 Å². The number of halogens is 1. The molecule has 0 atom stereocenters. The Labute approximate surface area is 199 Å². The first-order valence-corrected chi connectivity index (χ1v) is 10.9. The summed E-state index contributed by atoms with van der Waals surface area (Å²) in [5, 5.41) is 9.61. The van der Waals surface area contributed by atoms with E-state index in [9.17, 15) is 4.79 Å². The zero-order valence-electron chi connectivity index (χ0n) is 17.5. The van der Waals surface area contributed by atoms with Crippen molar-refractivity contribution >= 4 is 57.9 Å². The van der Waals surface area contributed by atoms with Crippen LogP contribution in [0.15, 0.2) is 46.8 Å². The van der Waals surface area contributed by atoms with Gasteiger partial charge in [-0.3, -0.25) is 4.79 Å². The molecule has 1 aromatic heterocycles. The van der Waals surface area contributed by atoms with Gasteiger partial charge in [-0.25, -0.2) is 4.99 Å². The molecule has 164 valence electrons. The molecule has 2 aromatic rings. The van der Waals surface area contributed by atoms with E-state index in [-0.39, 0.29) is 29.9 Å². The van der Waals surface area contributed by atoms with Crippen LogP contribution in [0.3, 0.4) is 0 Å². The standard InChI is InChI=1S/C21H29N5O2S.HI/c1-3-22-21(26-12-10-25(11-13-26)20-8-5-15-29-20)23-9-14-28-19-7-4-6-18(16-19)24-17(2)27;/h4-8,15-16H,3,9-14H2,1-2H3,(H,22,23)(H,24,27);1H. The van der Waals surface area contributed by atoms with Crippen LogP contribution >= 0.6 is 35.3 Å². The number of hydrogen-bond donors (Lipinski definition) is 2. The number of amides is 1. The Morgan fingerprint density at radius 1 is 1.20 bits per heavy atom. The van der Waals surface area contributed by atoms with E-state index in [0.29, 0.717) is 13.2 Å². The number of ether oxygens (including phenoxy) is 1.